The standard InChI is InChI=1S/C34H42O18/c1-16-21(36)22(37)23(38)33(47-16)51-27(31(43)45-2)28(32(44)46-3)52-34-24(39)26(48-19(29(40)41)14-17-10-6-4-7-11-17)25(20(15-35)49-34)50-30(42)18-12-8-5-9-13-18/h4-13,16,19-28,33-39H,14-15H2,1-3H3,(H,40,41)/t16-,19+,20+,21+,22+,23-,24+,25-,26+,27+,28+,33-,34?/m0/s1. The Bertz CT molecular complexity index is 1480. The molecule has 0 amide bonds. The normalized spacial score (nSPS) is 30.7. The van der Waals surface area contributed by atoms with E-state index in [4.69, 9.17) is 37.9 Å². The first-order chi connectivity index (χ1) is 24.8. The summed E-state index contributed by atoms with van der Waals surface area (Å²) in [5.74, 6) is -5.01. The number of aliphatic carboxylic acids is 1. The van der Waals surface area contributed by atoms with Gasteiger partial charge in [-0.2, -0.15) is 0 Å². The maximum Gasteiger partial charge on any atom is 0.338 e. The van der Waals surface area contributed by atoms with Crippen molar-refractivity contribution < 1.29 is 87.7 Å². The third-order valence-electron chi connectivity index (χ3n) is 8.42. The van der Waals surface area contributed by atoms with Gasteiger partial charge in [-0.15, -0.1) is 0 Å². The lowest BCUT2D eigenvalue weighted by Crippen LogP contribution is -2.64. The van der Waals surface area contributed by atoms with Gasteiger partial charge < -0.3 is 68.5 Å². The number of methoxy groups -OCH3 is 2. The highest BCUT2D eigenvalue weighted by Crippen LogP contribution is 2.32. The Hall–Kier alpha value is -4.08. The van der Waals surface area contributed by atoms with Gasteiger partial charge in [0.2, 0.25) is 0 Å². The van der Waals surface area contributed by atoms with Crippen molar-refractivity contribution in [2.75, 3.05) is 20.8 Å². The van der Waals surface area contributed by atoms with Gasteiger partial charge in [0, 0.05) is 6.42 Å². The number of carbonyl (C=O) groups is 4. The van der Waals surface area contributed by atoms with Crippen molar-refractivity contribution in [1.82, 2.24) is 0 Å². The molecule has 2 aliphatic rings. The van der Waals surface area contributed by atoms with Crippen LogP contribution >= 0.6 is 0 Å². The molecule has 0 aliphatic carbocycles. The van der Waals surface area contributed by atoms with Crippen molar-refractivity contribution in [3.63, 3.8) is 0 Å². The zero-order valence-corrected chi connectivity index (χ0v) is 28.3. The highest BCUT2D eigenvalue weighted by molar-refractivity contribution is 5.89. The number of carboxylic acids is 1. The fraction of sp³-hybridized carbons (Fsp3) is 0.529. The van der Waals surface area contributed by atoms with Gasteiger partial charge in [0.25, 0.3) is 0 Å². The molecule has 2 aliphatic heterocycles. The van der Waals surface area contributed by atoms with Crippen molar-refractivity contribution in [1.29, 1.82) is 0 Å². The Morgan fingerprint density at radius 2 is 1.25 bits per heavy atom. The SMILES string of the molecule is COC(=O)[C@H](OC1O[C@H](CO)[C@H](OC(=O)c2ccccc2)[C@H](O[C@H](Cc2ccccc2)C(=O)O)[C@H]1O)[C@@H](O[C@@H]1O[C@@H](C)[C@@H](O)[C@@H](O)[C@@H]1O)C(=O)OC. The molecule has 2 fully saturated rings. The van der Waals surface area contributed by atoms with Crippen LogP contribution in [0.15, 0.2) is 60.7 Å². The van der Waals surface area contributed by atoms with Crippen LogP contribution in [0.25, 0.3) is 0 Å². The lowest BCUT2D eigenvalue weighted by Gasteiger charge is -2.45. The van der Waals surface area contributed by atoms with E-state index in [-0.39, 0.29) is 12.0 Å². The topological polar surface area (TPSA) is 263 Å². The lowest BCUT2D eigenvalue weighted by molar-refractivity contribution is -0.337. The van der Waals surface area contributed by atoms with Gasteiger partial charge >= 0.3 is 23.9 Å². The van der Waals surface area contributed by atoms with Gasteiger partial charge in [-0.25, -0.2) is 19.2 Å². The predicted molar refractivity (Wildman–Crippen MR) is 170 cm³/mol. The predicted octanol–water partition coefficient (Wildman–Crippen LogP) is -1.68. The minimum Gasteiger partial charge on any atom is -0.479 e. The van der Waals surface area contributed by atoms with E-state index in [0.717, 1.165) is 14.2 Å². The van der Waals surface area contributed by atoms with E-state index in [1.807, 2.05) is 0 Å². The third kappa shape index (κ3) is 9.66. The molecule has 1 unspecified atom stereocenters. The zero-order valence-electron chi connectivity index (χ0n) is 28.3. The van der Waals surface area contributed by atoms with Crippen molar-refractivity contribution >= 4 is 23.9 Å². The summed E-state index contributed by atoms with van der Waals surface area (Å²) in [6.07, 6.45) is -23.7. The number of aliphatic hydroxyl groups excluding tert-OH is 5. The summed E-state index contributed by atoms with van der Waals surface area (Å²) in [5.41, 5.74) is 0.594. The Balaban J connectivity index is 1.69. The van der Waals surface area contributed by atoms with Crippen LogP contribution in [0.1, 0.15) is 22.8 Å². The molecule has 2 heterocycles. The Kier molecular flexibility index (Phi) is 14.6. The molecule has 0 saturated carbocycles. The summed E-state index contributed by atoms with van der Waals surface area (Å²) < 4.78 is 43.5. The number of rotatable bonds is 15. The number of hydrogen-bond donors (Lipinski definition) is 6. The molecule has 18 nitrogen and oxygen atoms in total. The van der Waals surface area contributed by atoms with E-state index in [0.29, 0.717) is 5.56 Å². The van der Waals surface area contributed by atoms with Crippen LogP contribution in [-0.4, -0.2) is 155 Å². The van der Waals surface area contributed by atoms with Crippen molar-refractivity contribution in [3.05, 3.63) is 71.8 Å². The molecular formula is C34H42O18. The molecule has 52 heavy (non-hydrogen) atoms. The molecule has 0 radical (unpaired) electrons. The van der Waals surface area contributed by atoms with E-state index < -0.39 is 110 Å². The van der Waals surface area contributed by atoms with E-state index in [9.17, 15) is 49.8 Å². The summed E-state index contributed by atoms with van der Waals surface area (Å²) >= 11 is 0. The fourth-order valence-electron chi connectivity index (χ4n) is 5.58. The molecule has 2 saturated heterocycles. The molecule has 18 heteroatoms. The minimum atomic E-state index is -2.20. The summed E-state index contributed by atoms with van der Waals surface area (Å²) in [6.45, 7) is 0.414. The van der Waals surface area contributed by atoms with E-state index in [1.54, 1.807) is 48.5 Å². The second kappa shape index (κ2) is 18.6. The smallest absolute Gasteiger partial charge is 0.338 e. The fourth-order valence-corrected chi connectivity index (χ4v) is 5.58. The average molecular weight is 739 g/mol. The van der Waals surface area contributed by atoms with Gasteiger partial charge in [-0.1, -0.05) is 48.5 Å². The second-order valence-electron chi connectivity index (χ2n) is 11.9. The lowest BCUT2D eigenvalue weighted by atomic mass is 9.97. The van der Waals surface area contributed by atoms with Crippen LogP contribution in [-0.2, 0) is 58.7 Å². The number of hydrogen-bond acceptors (Lipinski definition) is 17. The number of esters is 3. The highest BCUT2D eigenvalue weighted by Gasteiger charge is 2.53. The first-order valence-electron chi connectivity index (χ1n) is 16.1. The minimum absolute atomic E-state index is 0.0628. The molecule has 286 valence electrons. The summed E-state index contributed by atoms with van der Waals surface area (Å²) in [6, 6.07) is 15.9. The number of ether oxygens (including phenoxy) is 8. The molecule has 4 rings (SSSR count). The number of benzene rings is 2. The van der Waals surface area contributed by atoms with Gasteiger partial charge in [-0.05, 0) is 24.6 Å². The zero-order chi connectivity index (χ0) is 38.1. The Morgan fingerprint density at radius 1 is 0.712 bits per heavy atom. The van der Waals surface area contributed by atoms with Crippen molar-refractivity contribution in [3.8, 4) is 0 Å². The monoisotopic (exact) mass is 738 g/mol. The average Bonchev–Trinajstić information content (AvgIpc) is 3.15. The molecule has 13 atom stereocenters. The van der Waals surface area contributed by atoms with Crippen LogP contribution in [0.5, 0.6) is 0 Å². The van der Waals surface area contributed by atoms with Gasteiger partial charge in [0.05, 0.1) is 32.5 Å². The van der Waals surface area contributed by atoms with Crippen LogP contribution in [0.3, 0.4) is 0 Å². The van der Waals surface area contributed by atoms with E-state index in [1.165, 1.54) is 19.1 Å². The molecule has 2 aromatic carbocycles. The largest absolute Gasteiger partial charge is 0.479 e. The van der Waals surface area contributed by atoms with Gasteiger partial charge in [-0.3, -0.25) is 0 Å². The second-order valence-corrected chi connectivity index (χ2v) is 11.9. The van der Waals surface area contributed by atoms with Gasteiger partial charge in [0.1, 0.15) is 36.6 Å². The first kappa shape index (κ1) is 40.7. The van der Waals surface area contributed by atoms with Crippen LogP contribution in [0.2, 0.25) is 0 Å². The summed E-state index contributed by atoms with van der Waals surface area (Å²) in [7, 11) is 1.84. The van der Waals surface area contributed by atoms with E-state index in [2.05, 4.69) is 0 Å². The molecule has 0 bridgehead atoms. The maximum atomic E-state index is 13.2. The van der Waals surface area contributed by atoms with Crippen LogP contribution in [0.4, 0.5) is 0 Å². The molecule has 0 spiro atoms. The Morgan fingerprint density at radius 3 is 1.77 bits per heavy atom. The van der Waals surface area contributed by atoms with Crippen LogP contribution in [0, 0.1) is 0 Å². The highest BCUT2D eigenvalue weighted by atomic mass is 16.8. The number of aliphatic hydroxyl groups is 5. The first-order valence-corrected chi connectivity index (χ1v) is 16.1. The number of carboxylic acid groups (broad SMARTS) is 1. The van der Waals surface area contributed by atoms with Crippen LogP contribution < -0.4 is 0 Å². The molecule has 6 N–H and O–H groups in total. The van der Waals surface area contributed by atoms with Gasteiger partial charge in [0.15, 0.2) is 37.0 Å². The quantitative estimate of drug-likeness (QED) is 0.0880. The third-order valence-corrected chi connectivity index (χ3v) is 8.42. The number of carbonyl (C=O) groups excluding carboxylic acids is 3. The molecule has 0 aromatic heterocycles. The summed E-state index contributed by atoms with van der Waals surface area (Å²) in [4.78, 5) is 51.7. The maximum absolute atomic E-state index is 13.2. The van der Waals surface area contributed by atoms with Crippen molar-refractivity contribution in [2.24, 2.45) is 0 Å². The Labute approximate surface area is 297 Å². The molecular weight excluding hydrogens is 696 g/mol. The molecule has 2 aromatic rings. The van der Waals surface area contributed by atoms with Crippen molar-refractivity contribution in [2.45, 2.75) is 93.1 Å². The van der Waals surface area contributed by atoms with E-state index >= 15 is 0 Å². The summed E-state index contributed by atoms with van der Waals surface area (Å²) in [5, 5.41) is 63.0.